The molecular formula is C17H42O7Si2. The molecule has 0 radical (unpaired) electrons. The molecule has 0 aromatic carbocycles. The largest absolute Gasteiger partial charge is 0.679 e. The van der Waals surface area contributed by atoms with Gasteiger partial charge in [-0.3, -0.25) is 0 Å². The van der Waals surface area contributed by atoms with Crippen LogP contribution in [-0.4, -0.2) is 64.1 Å². The Kier molecular flexibility index (Phi) is 20.2. The first-order valence-corrected chi connectivity index (χ1v) is 13.5. The third-order valence-electron chi connectivity index (χ3n) is 2.93. The highest BCUT2D eigenvalue weighted by molar-refractivity contribution is 6.60. The summed E-state index contributed by atoms with van der Waals surface area (Å²) in [5, 5.41) is 0. The fraction of sp³-hybridized carbons (Fsp3) is 1.00. The van der Waals surface area contributed by atoms with Crippen molar-refractivity contribution in [3.8, 4) is 0 Å². The van der Waals surface area contributed by atoms with E-state index in [-0.39, 0.29) is 0 Å². The molecule has 0 atom stereocenters. The molecule has 0 aromatic rings. The molecule has 0 unspecified atom stereocenters. The molecule has 9 heteroatoms. The van der Waals surface area contributed by atoms with Gasteiger partial charge in [0.05, 0.1) is 0 Å². The maximum Gasteiger partial charge on any atom is 0.679 e. The molecule has 160 valence electrons. The predicted molar refractivity (Wildman–Crippen MR) is 108 cm³/mol. The van der Waals surface area contributed by atoms with Crippen LogP contribution in [-0.2, 0) is 31.0 Å². The second-order valence-electron chi connectivity index (χ2n) is 4.96. The van der Waals surface area contributed by atoms with Crippen LogP contribution in [0.3, 0.4) is 0 Å². The van der Waals surface area contributed by atoms with E-state index in [2.05, 4.69) is 6.92 Å². The SMILES string of the molecule is CCC[Si](OCC)(OCC)OCC.CCO[Si](OCC)(OCC)OCC. The Balaban J connectivity index is 0. The highest BCUT2D eigenvalue weighted by Gasteiger charge is 2.44. The average Bonchev–Trinajstić information content (AvgIpc) is 2.57. The minimum atomic E-state index is -2.80. The second-order valence-corrected chi connectivity index (χ2v) is 9.85. The van der Waals surface area contributed by atoms with Crippen molar-refractivity contribution in [1.29, 1.82) is 0 Å². The monoisotopic (exact) mass is 414 g/mol. The summed E-state index contributed by atoms with van der Waals surface area (Å²) in [6.07, 6.45) is 1.05. The van der Waals surface area contributed by atoms with E-state index in [9.17, 15) is 0 Å². The molecule has 0 saturated heterocycles. The Labute approximate surface area is 163 Å². The maximum atomic E-state index is 5.65. The van der Waals surface area contributed by atoms with Gasteiger partial charge in [-0.15, -0.1) is 0 Å². The van der Waals surface area contributed by atoms with E-state index < -0.39 is 17.9 Å². The topological polar surface area (TPSA) is 64.6 Å². The highest BCUT2D eigenvalue weighted by atomic mass is 28.4. The first-order chi connectivity index (χ1) is 12.5. The molecule has 0 saturated carbocycles. The van der Waals surface area contributed by atoms with Crippen molar-refractivity contribution >= 4 is 17.9 Å². The molecule has 0 rings (SSSR count). The summed E-state index contributed by atoms with van der Waals surface area (Å²) in [5.41, 5.74) is 0. The van der Waals surface area contributed by atoms with Crippen molar-refractivity contribution in [1.82, 2.24) is 0 Å². The van der Waals surface area contributed by atoms with Crippen LogP contribution in [0, 0.1) is 0 Å². The van der Waals surface area contributed by atoms with Crippen molar-refractivity contribution in [3.05, 3.63) is 0 Å². The molecule has 0 aliphatic heterocycles. The van der Waals surface area contributed by atoms with Gasteiger partial charge in [0.2, 0.25) is 0 Å². The molecule has 0 aliphatic rings. The van der Waals surface area contributed by atoms with Gasteiger partial charge in [0, 0.05) is 52.3 Å². The summed E-state index contributed by atoms with van der Waals surface area (Å²) >= 11 is 0. The average molecular weight is 415 g/mol. The summed E-state index contributed by atoms with van der Waals surface area (Å²) in [6.45, 7) is 19.9. The molecule has 0 amide bonds. The Morgan fingerprint density at radius 2 is 0.692 bits per heavy atom. The number of hydrogen-bond donors (Lipinski definition) is 0. The normalized spacial score (nSPS) is 12.0. The van der Waals surface area contributed by atoms with E-state index in [0.717, 1.165) is 12.5 Å². The number of hydrogen-bond acceptors (Lipinski definition) is 7. The van der Waals surface area contributed by atoms with Crippen LogP contribution in [0.5, 0.6) is 0 Å². The quantitative estimate of drug-likeness (QED) is 0.353. The third kappa shape index (κ3) is 12.5. The van der Waals surface area contributed by atoms with Crippen LogP contribution in [0.4, 0.5) is 0 Å². The smallest absolute Gasteiger partial charge is 0.374 e. The van der Waals surface area contributed by atoms with Gasteiger partial charge in [0.15, 0.2) is 0 Å². The van der Waals surface area contributed by atoms with E-state index in [0.29, 0.717) is 46.2 Å². The summed E-state index contributed by atoms with van der Waals surface area (Å²) in [7, 11) is -5.09. The van der Waals surface area contributed by atoms with Crippen LogP contribution in [0.15, 0.2) is 0 Å². The molecule has 0 spiro atoms. The first-order valence-electron chi connectivity index (χ1n) is 9.96. The molecular weight excluding hydrogens is 372 g/mol. The van der Waals surface area contributed by atoms with Crippen molar-refractivity contribution in [3.63, 3.8) is 0 Å². The molecule has 0 fully saturated rings. The van der Waals surface area contributed by atoms with Gasteiger partial charge in [-0.05, 0) is 48.5 Å². The highest BCUT2D eigenvalue weighted by Crippen LogP contribution is 2.17. The molecule has 0 N–H and O–H groups in total. The van der Waals surface area contributed by atoms with E-state index in [4.69, 9.17) is 31.0 Å². The van der Waals surface area contributed by atoms with Gasteiger partial charge < -0.3 is 31.0 Å². The third-order valence-corrected chi connectivity index (χ3v) is 8.80. The lowest BCUT2D eigenvalue weighted by atomic mass is 10.6. The van der Waals surface area contributed by atoms with E-state index >= 15 is 0 Å². The predicted octanol–water partition coefficient (Wildman–Crippen LogP) is 4.01. The van der Waals surface area contributed by atoms with Crippen molar-refractivity contribution in [2.24, 2.45) is 0 Å². The Morgan fingerprint density at radius 1 is 0.423 bits per heavy atom. The summed E-state index contributed by atoms with van der Waals surface area (Å²) in [6, 6.07) is 0.919. The van der Waals surface area contributed by atoms with Crippen LogP contribution in [0.2, 0.25) is 6.04 Å². The zero-order valence-corrected chi connectivity index (χ0v) is 20.2. The first kappa shape index (κ1) is 28.4. The van der Waals surface area contributed by atoms with Crippen LogP contribution in [0.1, 0.15) is 61.8 Å². The minimum Gasteiger partial charge on any atom is -0.374 e. The van der Waals surface area contributed by atoms with Crippen LogP contribution < -0.4 is 0 Å². The van der Waals surface area contributed by atoms with Gasteiger partial charge in [-0.1, -0.05) is 13.3 Å². The van der Waals surface area contributed by atoms with Crippen molar-refractivity contribution in [2.75, 3.05) is 46.2 Å². The molecule has 0 aliphatic carbocycles. The van der Waals surface area contributed by atoms with E-state index in [1.54, 1.807) is 0 Å². The number of rotatable bonds is 16. The Hall–Kier alpha value is 0.154. The standard InChI is InChI=1S/C9H22O3Si.C8H20O4Si/c2*1-5-9-13(10-6-2,11-7-3)12-8-4/h5-9H2,1-4H3;5-8H2,1-4H3. The lowest BCUT2D eigenvalue weighted by Gasteiger charge is -2.27. The van der Waals surface area contributed by atoms with Gasteiger partial charge in [-0.2, -0.15) is 0 Å². The van der Waals surface area contributed by atoms with Crippen LogP contribution >= 0.6 is 0 Å². The summed E-state index contributed by atoms with van der Waals surface area (Å²) < 4.78 is 38.6. The summed E-state index contributed by atoms with van der Waals surface area (Å²) in [4.78, 5) is 0. The zero-order valence-electron chi connectivity index (χ0n) is 18.2. The van der Waals surface area contributed by atoms with E-state index in [1.165, 1.54) is 0 Å². The molecule has 0 aromatic heterocycles. The van der Waals surface area contributed by atoms with E-state index in [1.807, 2.05) is 48.5 Å². The molecule has 7 nitrogen and oxygen atoms in total. The maximum absolute atomic E-state index is 5.65. The lowest BCUT2D eigenvalue weighted by Crippen LogP contribution is -2.49. The fourth-order valence-electron chi connectivity index (χ4n) is 2.26. The molecule has 0 heterocycles. The minimum absolute atomic E-state index is 0.548. The fourth-order valence-corrected chi connectivity index (χ4v) is 6.79. The lowest BCUT2D eigenvalue weighted by molar-refractivity contribution is -0.0247. The van der Waals surface area contributed by atoms with Crippen molar-refractivity contribution in [2.45, 2.75) is 67.9 Å². The van der Waals surface area contributed by atoms with Gasteiger partial charge in [-0.25, -0.2) is 0 Å². The molecule has 26 heavy (non-hydrogen) atoms. The Bertz CT molecular complexity index is 209. The zero-order chi connectivity index (χ0) is 20.3. The van der Waals surface area contributed by atoms with Crippen molar-refractivity contribution < 1.29 is 31.0 Å². The summed E-state index contributed by atoms with van der Waals surface area (Å²) in [5.74, 6) is 0. The Morgan fingerprint density at radius 3 is 0.885 bits per heavy atom. The van der Waals surface area contributed by atoms with Gasteiger partial charge in [0.25, 0.3) is 0 Å². The molecule has 0 bridgehead atoms. The van der Waals surface area contributed by atoms with Gasteiger partial charge in [0.1, 0.15) is 0 Å². The van der Waals surface area contributed by atoms with Gasteiger partial charge >= 0.3 is 17.9 Å². The van der Waals surface area contributed by atoms with Crippen LogP contribution in [0.25, 0.3) is 0 Å². The second kappa shape index (κ2) is 18.5.